The Kier molecular flexibility index (Phi) is 7.79. The third-order valence-corrected chi connectivity index (χ3v) is 1.36. The average molecular weight is 168 g/mol. The van der Waals surface area contributed by atoms with E-state index in [4.69, 9.17) is 7.85 Å². The van der Waals surface area contributed by atoms with Gasteiger partial charge in [0.1, 0.15) is 0 Å². The van der Waals surface area contributed by atoms with E-state index in [1.54, 1.807) is 12.1 Å². The van der Waals surface area contributed by atoms with Crippen LogP contribution in [0.25, 0.3) is 0 Å². The summed E-state index contributed by atoms with van der Waals surface area (Å²) in [4.78, 5) is 0. The van der Waals surface area contributed by atoms with Gasteiger partial charge in [-0.25, -0.2) is 0 Å². The number of hydrogen-bond acceptors (Lipinski definition) is 2. The van der Waals surface area contributed by atoms with Crippen molar-refractivity contribution in [1.29, 1.82) is 0 Å². The number of alkyl halides is 1. The zero-order valence-corrected chi connectivity index (χ0v) is 6.57. The van der Waals surface area contributed by atoms with Crippen LogP contribution in [0, 0.1) is 0 Å². The number of hydrogen-bond donors (Lipinski definition) is 0. The smallest absolute Gasteiger partial charge is 0.870 e. The van der Waals surface area contributed by atoms with Crippen molar-refractivity contribution in [3.63, 3.8) is 0 Å². The van der Waals surface area contributed by atoms with Gasteiger partial charge in [0.15, 0.2) is 0 Å². The van der Waals surface area contributed by atoms with Gasteiger partial charge in [-0.05, 0) is 0 Å². The van der Waals surface area contributed by atoms with Crippen LogP contribution in [-0.2, 0) is 6.42 Å². The molecular weight excluding hydrogens is 158 g/mol. The van der Waals surface area contributed by atoms with Crippen LogP contribution in [0.15, 0.2) is 24.3 Å². The molecule has 0 unspecified atom stereocenters. The first kappa shape index (κ1) is 13.7. The summed E-state index contributed by atoms with van der Waals surface area (Å²) in [6, 6.07) is 7.25. The summed E-state index contributed by atoms with van der Waals surface area (Å²) < 4.78 is 11.7. The third kappa shape index (κ3) is 4.11. The van der Waals surface area contributed by atoms with Gasteiger partial charge in [0.05, 0.1) is 0 Å². The van der Waals surface area contributed by atoms with E-state index in [0.717, 1.165) is 11.0 Å². The van der Waals surface area contributed by atoms with E-state index in [2.05, 4.69) is 0 Å². The Morgan fingerprint density at radius 3 is 2.00 bits per heavy atom. The van der Waals surface area contributed by atoms with Crippen molar-refractivity contribution in [3.8, 4) is 0 Å². The van der Waals surface area contributed by atoms with Crippen molar-refractivity contribution in [1.82, 2.24) is 0 Å². The SMILES string of the molecule is [B+2]c1ccc(CCF)cc1.[OH-].[OH-]. The molecule has 1 aromatic carbocycles. The van der Waals surface area contributed by atoms with Gasteiger partial charge in [-0.1, -0.05) is 0 Å². The molecule has 0 aliphatic carbocycles. The zero-order valence-electron chi connectivity index (χ0n) is 6.57. The summed E-state index contributed by atoms with van der Waals surface area (Å²) >= 11 is 0. The Balaban J connectivity index is 0. The van der Waals surface area contributed by atoms with Gasteiger partial charge < -0.3 is 11.0 Å². The maximum absolute atomic E-state index is 11.7. The van der Waals surface area contributed by atoms with Gasteiger partial charge in [0.25, 0.3) is 0 Å². The van der Waals surface area contributed by atoms with Gasteiger partial charge in [0.2, 0.25) is 0 Å². The van der Waals surface area contributed by atoms with E-state index in [-0.39, 0.29) is 17.6 Å². The average Bonchev–Trinajstić information content (AvgIpc) is 1.95. The molecule has 0 spiro atoms. The first-order valence-corrected chi connectivity index (χ1v) is 3.23. The molecule has 0 saturated heterocycles. The fraction of sp³-hybridized carbons (Fsp3) is 0.250. The summed E-state index contributed by atoms with van der Waals surface area (Å²) in [7, 11) is 5.43. The summed E-state index contributed by atoms with van der Waals surface area (Å²) in [6.45, 7) is -0.302. The van der Waals surface area contributed by atoms with Crippen LogP contribution in [0.5, 0.6) is 0 Å². The van der Waals surface area contributed by atoms with Crippen LogP contribution in [0.4, 0.5) is 4.39 Å². The van der Waals surface area contributed by atoms with Gasteiger partial charge in [-0.3, -0.25) is 0 Å². The topological polar surface area (TPSA) is 60.0 Å². The fourth-order valence-electron chi connectivity index (χ4n) is 0.793. The molecule has 1 aromatic rings. The molecule has 12 heavy (non-hydrogen) atoms. The van der Waals surface area contributed by atoms with Crippen molar-refractivity contribution in [2.75, 3.05) is 6.67 Å². The molecule has 0 aromatic heterocycles. The summed E-state index contributed by atoms with van der Waals surface area (Å²) in [5.41, 5.74) is 1.72. The molecule has 2 N–H and O–H groups in total. The van der Waals surface area contributed by atoms with Crippen LogP contribution in [0.3, 0.4) is 0 Å². The fourth-order valence-corrected chi connectivity index (χ4v) is 0.793. The van der Waals surface area contributed by atoms with Crippen LogP contribution < -0.4 is 5.46 Å². The van der Waals surface area contributed by atoms with E-state index >= 15 is 0 Å². The van der Waals surface area contributed by atoms with Crippen LogP contribution in [0.1, 0.15) is 5.56 Å². The van der Waals surface area contributed by atoms with Crippen LogP contribution in [0.2, 0.25) is 0 Å². The zero-order chi connectivity index (χ0) is 7.40. The minimum absolute atomic E-state index is 0. The molecule has 0 atom stereocenters. The molecule has 2 nitrogen and oxygen atoms in total. The monoisotopic (exact) mass is 168 g/mol. The summed E-state index contributed by atoms with van der Waals surface area (Å²) in [5.74, 6) is 0. The van der Waals surface area contributed by atoms with Gasteiger partial charge in [0, 0.05) is 0 Å². The maximum Gasteiger partial charge on any atom is -0.870 e. The molecule has 0 aliphatic heterocycles. The number of benzene rings is 1. The molecule has 0 amide bonds. The van der Waals surface area contributed by atoms with E-state index in [0.29, 0.717) is 6.42 Å². The first-order chi connectivity index (χ1) is 4.83. The number of aryl methyl sites for hydroxylation is 1. The van der Waals surface area contributed by atoms with Crippen molar-refractivity contribution < 1.29 is 15.3 Å². The Morgan fingerprint density at radius 1 is 1.08 bits per heavy atom. The minimum atomic E-state index is -0.302. The van der Waals surface area contributed by atoms with E-state index in [9.17, 15) is 4.39 Å². The Hall–Kier alpha value is -0.865. The van der Waals surface area contributed by atoms with Crippen molar-refractivity contribution in [2.24, 2.45) is 0 Å². The minimum Gasteiger partial charge on any atom is -0.870 e. The van der Waals surface area contributed by atoms with Crippen molar-refractivity contribution in [3.05, 3.63) is 29.8 Å². The van der Waals surface area contributed by atoms with Gasteiger partial charge >= 0.3 is 60.6 Å². The number of rotatable bonds is 2. The number of halogens is 1. The van der Waals surface area contributed by atoms with Crippen molar-refractivity contribution in [2.45, 2.75) is 6.42 Å². The molecule has 0 radical (unpaired) electrons. The predicted molar refractivity (Wildman–Crippen MR) is 45.4 cm³/mol. The van der Waals surface area contributed by atoms with Crippen molar-refractivity contribution >= 4 is 13.3 Å². The molecule has 0 heterocycles. The standard InChI is InChI=1S/C8H8BF.2H2O/c9-8-3-1-7(2-4-8)5-6-10;;/h1-4H,5-6H2;2*1H2/q+2;;/p-2. The second-order valence-electron chi connectivity index (χ2n) is 2.18. The molecule has 0 aliphatic rings. The maximum atomic E-state index is 11.7. The van der Waals surface area contributed by atoms with E-state index in [1.165, 1.54) is 0 Å². The second kappa shape index (κ2) is 6.82. The first-order valence-electron chi connectivity index (χ1n) is 3.23. The Bertz CT molecular complexity index is 201. The summed E-state index contributed by atoms with van der Waals surface area (Å²) in [6.07, 6.45) is 0.486. The van der Waals surface area contributed by atoms with E-state index in [1.807, 2.05) is 12.1 Å². The predicted octanol–water partition coefficient (Wildman–Crippen LogP) is 0.639. The molecule has 1 rings (SSSR count). The molecule has 0 saturated carbocycles. The largest absolute Gasteiger partial charge is 0.870 e. The normalized spacial score (nSPS) is 8.25. The van der Waals surface area contributed by atoms with Gasteiger partial charge in [-0.2, -0.15) is 0 Å². The molecule has 4 heteroatoms. The summed E-state index contributed by atoms with van der Waals surface area (Å²) in [5, 5.41) is 0. The van der Waals surface area contributed by atoms with Gasteiger partial charge in [-0.15, -0.1) is 0 Å². The molecular formula is C8H10BFO2. The van der Waals surface area contributed by atoms with E-state index < -0.39 is 0 Å². The second-order valence-corrected chi connectivity index (χ2v) is 2.18. The molecule has 0 fully saturated rings. The Morgan fingerprint density at radius 2 is 1.58 bits per heavy atom. The molecule has 64 valence electrons. The quantitative estimate of drug-likeness (QED) is 0.608. The third-order valence-electron chi connectivity index (χ3n) is 1.36. The Labute approximate surface area is 72.4 Å². The van der Waals surface area contributed by atoms with Crippen LogP contribution >= 0.6 is 0 Å². The molecule has 0 bridgehead atoms. The van der Waals surface area contributed by atoms with Crippen LogP contribution in [-0.4, -0.2) is 25.5 Å².